The Morgan fingerprint density at radius 2 is 1.87 bits per heavy atom. The molecule has 206 valence electrons. The number of aromatic nitrogens is 4. The Balaban J connectivity index is 1.47. The van der Waals surface area contributed by atoms with Crippen LogP contribution >= 0.6 is 0 Å². The number of aryl methyl sites for hydroxylation is 1. The van der Waals surface area contributed by atoms with Crippen molar-refractivity contribution < 1.29 is 31.8 Å². The number of halogens is 5. The van der Waals surface area contributed by atoms with Crippen molar-refractivity contribution in [2.75, 3.05) is 18.5 Å². The Morgan fingerprint density at radius 3 is 2.59 bits per heavy atom. The second-order valence-corrected chi connectivity index (χ2v) is 10.3. The highest BCUT2D eigenvalue weighted by Gasteiger charge is 2.56. The summed E-state index contributed by atoms with van der Waals surface area (Å²) in [6.45, 7) is 4.31. The zero-order valence-corrected chi connectivity index (χ0v) is 21.4. The van der Waals surface area contributed by atoms with Gasteiger partial charge in [0, 0.05) is 18.1 Å². The molecule has 0 aliphatic carbocycles. The highest BCUT2D eigenvalue weighted by atomic mass is 19.4. The molecule has 0 radical (unpaired) electrons. The lowest BCUT2D eigenvalue weighted by atomic mass is 9.74. The molecule has 1 aliphatic rings. The van der Waals surface area contributed by atoms with Crippen LogP contribution in [0.5, 0.6) is 5.75 Å². The topological polar surface area (TPSA) is 85.1 Å². The number of rotatable bonds is 7. The first-order chi connectivity index (χ1) is 18.3. The van der Waals surface area contributed by atoms with Crippen LogP contribution in [0.1, 0.15) is 37.2 Å². The lowest BCUT2D eigenvalue weighted by Gasteiger charge is -2.38. The summed E-state index contributed by atoms with van der Waals surface area (Å²) in [6.07, 6.45) is -3.72. The van der Waals surface area contributed by atoms with Gasteiger partial charge in [0.1, 0.15) is 28.9 Å². The van der Waals surface area contributed by atoms with Crippen molar-refractivity contribution in [2.45, 2.75) is 50.8 Å². The molecule has 0 saturated carbocycles. The molecule has 39 heavy (non-hydrogen) atoms. The number of aliphatic hydroxyl groups is 1. The molecule has 0 bridgehead atoms. The van der Waals surface area contributed by atoms with Crippen LogP contribution in [-0.2, 0) is 11.8 Å². The first-order valence-corrected chi connectivity index (χ1v) is 12.2. The second-order valence-electron chi connectivity index (χ2n) is 10.3. The SMILES string of the molecule is Cc1nc(NCC(O)(CC(C)(C)c2cccc3c2OCC3)C(F)(F)F)c2cnn(-c3ccc(F)cc3F)c2n1. The number of alkyl halides is 3. The van der Waals surface area contributed by atoms with Gasteiger partial charge >= 0.3 is 6.18 Å². The Hall–Kier alpha value is -3.80. The molecule has 5 rings (SSSR count). The van der Waals surface area contributed by atoms with Crippen LogP contribution < -0.4 is 10.1 Å². The Morgan fingerprint density at radius 1 is 1.10 bits per heavy atom. The Bertz CT molecular complexity index is 1550. The number of anilines is 1. The Kier molecular flexibility index (Phi) is 6.48. The molecule has 2 aromatic carbocycles. The minimum atomic E-state index is -4.99. The maximum absolute atomic E-state index is 14.4. The fourth-order valence-electron chi connectivity index (χ4n) is 5.05. The van der Waals surface area contributed by atoms with Crippen molar-refractivity contribution in [3.63, 3.8) is 0 Å². The van der Waals surface area contributed by atoms with Crippen LogP contribution in [0.2, 0.25) is 0 Å². The first-order valence-electron chi connectivity index (χ1n) is 12.2. The van der Waals surface area contributed by atoms with Crippen molar-refractivity contribution in [3.8, 4) is 11.4 Å². The maximum atomic E-state index is 14.4. The fraction of sp³-hybridized carbons (Fsp3) is 0.370. The van der Waals surface area contributed by atoms with Gasteiger partial charge in [0.2, 0.25) is 0 Å². The monoisotopic (exact) mass is 547 g/mol. The predicted molar refractivity (Wildman–Crippen MR) is 134 cm³/mol. The molecular weight excluding hydrogens is 521 g/mol. The predicted octanol–water partition coefficient (Wildman–Crippen LogP) is 5.41. The van der Waals surface area contributed by atoms with E-state index in [2.05, 4.69) is 20.4 Å². The molecular formula is C27H26F5N5O2. The molecule has 3 heterocycles. The summed E-state index contributed by atoms with van der Waals surface area (Å²) in [4.78, 5) is 8.46. The van der Waals surface area contributed by atoms with Crippen LogP contribution in [0.25, 0.3) is 16.7 Å². The van der Waals surface area contributed by atoms with Crippen molar-refractivity contribution in [2.24, 2.45) is 0 Å². The molecule has 7 nitrogen and oxygen atoms in total. The third-order valence-corrected chi connectivity index (χ3v) is 6.93. The van der Waals surface area contributed by atoms with E-state index in [1.54, 1.807) is 26.0 Å². The van der Waals surface area contributed by atoms with Crippen LogP contribution in [-0.4, -0.2) is 49.8 Å². The van der Waals surface area contributed by atoms with Gasteiger partial charge in [0.15, 0.2) is 17.1 Å². The van der Waals surface area contributed by atoms with E-state index in [0.717, 1.165) is 16.3 Å². The standard InChI is InChI=1S/C27H26F5N5O2/c1-15-35-23(18-12-34-37(24(18)36-15)21-8-7-17(28)11-20(21)29)33-14-26(38,27(30,31)32)13-25(2,3)19-6-4-5-16-9-10-39-22(16)19/h4-8,11-12,38H,9-10,13-14H2,1-3H3,(H,33,35,36). The zero-order chi connectivity index (χ0) is 28.2. The lowest BCUT2D eigenvalue weighted by molar-refractivity contribution is -0.260. The van der Waals surface area contributed by atoms with Crippen molar-refractivity contribution in [1.29, 1.82) is 0 Å². The van der Waals surface area contributed by atoms with E-state index in [9.17, 15) is 27.1 Å². The molecule has 1 atom stereocenters. The third-order valence-electron chi connectivity index (χ3n) is 6.93. The number of nitrogens with one attached hydrogen (secondary N) is 1. The molecule has 4 aromatic rings. The van der Waals surface area contributed by atoms with Gasteiger partial charge in [-0.05, 0) is 36.5 Å². The van der Waals surface area contributed by atoms with Gasteiger partial charge < -0.3 is 15.2 Å². The summed E-state index contributed by atoms with van der Waals surface area (Å²) >= 11 is 0. The van der Waals surface area contributed by atoms with Crippen LogP contribution in [0, 0.1) is 18.6 Å². The number of nitrogens with zero attached hydrogens (tertiary/aromatic N) is 4. The highest BCUT2D eigenvalue weighted by molar-refractivity contribution is 5.87. The number of para-hydroxylation sites is 1. The smallest absolute Gasteiger partial charge is 0.418 e. The van der Waals surface area contributed by atoms with E-state index in [1.165, 1.54) is 19.2 Å². The van der Waals surface area contributed by atoms with Gasteiger partial charge in [-0.15, -0.1) is 0 Å². The molecule has 0 amide bonds. The summed E-state index contributed by atoms with van der Waals surface area (Å²) in [5.41, 5.74) is -2.75. The van der Waals surface area contributed by atoms with Gasteiger partial charge in [-0.25, -0.2) is 23.4 Å². The number of fused-ring (bicyclic) bond motifs is 2. The molecule has 2 N–H and O–H groups in total. The quantitative estimate of drug-likeness (QED) is 0.301. The molecule has 1 aliphatic heterocycles. The summed E-state index contributed by atoms with van der Waals surface area (Å²) in [6, 6.07) is 8.29. The summed E-state index contributed by atoms with van der Waals surface area (Å²) in [7, 11) is 0. The van der Waals surface area contributed by atoms with Crippen LogP contribution in [0.4, 0.5) is 27.8 Å². The van der Waals surface area contributed by atoms with Gasteiger partial charge in [0.05, 0.1) is 24.7 Å². The van der Waals surface area contributed by atoms with E-state index in [-0.39, 0.29) is 28.4 Å². The van der Waals surface area contributed by atoms with E-state index in [4.69, 9.17) is 4.74 Å². The highest BCUT2D eigenvalue weighted by Crippen LogP contribution is 2.45. The molecule has 2 aromatic heterocycles. The van der Waals surface area contributed by atoms with E-state index in [1.807, 2.05) is 6.07 Å². The average molecular weight is 548 g/mol. The first kappa shape index (κ1) is 26.8. The van der Waals surface area contributed by atoms with Crippen molar-refractivity contribution in [1.82, 2.24) is 19.7 Å². The van der Waals surface area contributed by atoms with E-state index < -0.39 is 41.8 Å². The number of benzene rings is 2. The number of hydrogen-bond acceptors (Lipinski definition) is 6. The minimum Gasteiger partial charge on any atom is -0.493 e. The number of ether oxygens (including phenoxy) is 1. The molecule has 0 spiro atoms. The van der Waals surface area contributed by atoms with E-state index in [0.29, 0.717) is 30.4 Å². The van der Waals surface area contributed by atoms with Crippen molar-refractivity contribution >= 4 is 16.9 Å². The normalized spacial score (nSPS) is 15.2. The second kappa shape index (κ2) is 9.44. The summed E-state index contributed by atoms with van der Waals surface area (Å²) < 4.78 is 77.8. The molecule has 0 fully saturated rings. The van der Waals surface area contributed by atoms with Crippen LogP contribution in [0.3, 0.4) is 0 Å². The molecule has 12 heteroatoms. The molecule has 1 unspecified atom stereocenters. The largest absolute Gasteiger partial charge is 0.493 e. The van der Waals surface area contributed by atoms with E-state index >= 15 is 0 Å². The van der Waals surface area contributed by atoms with Gasteiger partial charge in [0.25, 0.3) is 0 Å². The van der Waals surface area contributed by atoms with Crippen molar-refractivity contribution in [3.05, 3.63) is 71.2 Å². The van der Waals surface area contributed by atoms with Gasteiger partial charge in [-0.1, -0.05) is 32.0 Å². The third kappa shape index (κ3) is 4.88. The zero-order valence-electron chi connectivity index (χ0n) is 21.4. The summed E-state index contributed by atoms with van der Waals surface area (Å²) in [5, 5.41) is 18.0. The average Bonchev–Trinajstić information content (AvgIpc) is 3.48. The number of hydrogen-bond donors (Lipinski definition) is 2. The van der Waals surface area contributed by atoms with Gasteiger partial charge in [-0.3, -0.25) is 0 Å². The summed E-state index contributed by atoms with van der Waals surface area (Å²) in [5.74, 6) is -0.954. The maximum Gasteiger partial charge on any atom is 0.418 e. The lowest BCUT2D eigenvalue weighted by Crippen LogP contribution is -2.53. The molecule has 0 saturated heterocycles. The van der Waals surface area contributed by atoms with Crippen LogP contribution in [0.15, 0.2) is 42.6 Å². The minimum absolute atomic E-state index is 0.0179. The fourth-order valence-corrected chi connectivity index (χ4v) is 5.05. The Labute approximate surface area is 220 Å². The van der Waals surface area contributed by atoms with Gasteiger partial charge in [-0.2, -0.15) is 18.3 Å².